The molecule has 20 heavy (non-hydrogen) atoms. The molecule has 0 saturated heterocycles. The molecule has 0 aliphatic rings. The molecule has 1 aromatic carbocycles. The fourth-order valence-electron chi connectivity index (χ4n) is 1.62. The second-order valence-electron chi connectivity index (χ2n) is 4.04. The first-order valence-electron chi connectivity index (χ1n) is 6.09. The summed E-state index contributed by atoms with van der Waals surface area (Å²) >= 11 is 1.50. The molecule has 1 aromatic heterocycles. The van der Waals surface area contributed by atoms with Crippen molar-refractivity contribution in [2.45, 2.75) is 11.7 Å². The number of nitriles is 1. The number of aromatic nitrogens is 2. The van der Waals surface area contributed by atoms with Crippen molar-refractivity contribution in [1.82, 2.24) is 9.97 Å². The second kappa shape index (κ2) is 6.78. The molecule has 0 aliphatic carbocycles. The van der Waals surface area contributed by atoms with Gasteiger partial charge in [0.15, 0.2) is 5.16 Å². The highest BCUT2D eigenvalue weighted by Crippen LogP contribution is 2.17. The van der Waals surface area contributed by atoms with Crippen LogP contribution in [-0.2, 0) is 6.54 Å². The molecule has 0 fully saturated rings. The van der Waals surface area contributed by atoms with Gasteiger partial charge in [0.1, 0.15) is 11.6 Å². The Morgan fingerprint density at radius 1 is 1.20 bits per heavy atom. The van der Waals surface area contributed by atoms with Gasteiger partial charge in [0.2, 0.25) is 0 Å². The van der Waals surface area contributed by atoms with Crippen LogP contribution in [0.15, 0.2) is 35.5 Å². The smallest absolute Gasteiger partial charge is 0.191 e. The van der Waals surface area contributed by atoms with E-state index in [0.29, 0.717) is 12.1 Å². The van der Waals surface area contributed by atoms with Crippen LogP contribution < -0.4 is 10.6 Å². The van der Waals surface area contributed by atoms with Crippen LogP contribution >= 0.6 is 11.8 Å². The van der Waals surface area contributed by atoms with E-state index in [1.807, 2.05) is 43.6 Å². The number of hydrogen-bond donors (Lipinski definition) is 2. The maximum atomic E-state index is 8.76. The van der Waals surface area contributed by atoms with Crippen LogP contribution in [0.1, 0.15) is 11.1 Å². The van der Waals surface area contributed by atoms with Gasteiger partial charge in [-0.15, -0.1) is 0 Å². The molecule has 6 heteroatoms. The first-order valence-corrected chi connectivity index (χ1v) is 7.31. The number of anilines is 2. The lowest BCUT2D eigenvalue weighted by atomic mass is 10.1. The third-order valence-electron chi connectivity index (χ3n) is 2.70. The Morgan fingerprint density at radius 3 is 2.50 bits per heavy atom. The highest BCUT2D eigenvalue weighted by molar-refractivity contribution is 7.98. The predicted octanol–water partition coefficient (Wildman–Crippen LogP) is 2.72. The molecule has 2 aromatic rings. The fourth-order valence-corrected chi connectivity index (χ4v) is 2.00. The zero-order valence-electron chi connectivity index (χ0n) is 11.3. The van der Waals surface area contributed by atoms with E-state index >= 15 is 0 Å². The monoisotopic (exact) mass is 285 g/mol. The summed E-state index contributed by atoms with van der Waals surface area (Å²) in [5.74, 6) is 1.56. The molecule has 0 unspecified atom stereocenters. The van der Waals surface area contributed by atoms with Crippen LogP contribution in [0.25, 0.3) is 0 Å². The van der Waals surface area contributed by atoms with Crippen LogP contribution in [0, 0.1) is 11.3 Å². The Hall–Kier alpha value is -2.26. The molecular weight excluding hydrogens is 270 g/mol. The molecular formula is C14H15N5S. The molecule has 102 valence electrons. The third-order valence-corrected chi connectivity index (χ3v) is 3.25. The average Bonchev–Trinajstić information content (AvgIpc) is 2.53. The highest BCUT2D eigenvalue weighted by atomic mass is 32.2. The number of nitrogens with zero attached hydrogens (tertiary/aromatic N) is 3. The summed E-state index contributed by atoms with van der Waals surface area (Å²) in [6.07, 6.45) is 1.94. The number of rotatable bonds is 5. The fraction of sp³-hybridized carbons (Fsp3) is 0.214. The van der Waals surface area contributed by atoms with E-state index in [1.54, 1.807) is 0 Å². The quantitative estimate of drug-likeness (QED) is 0.650. The molecule has 2 rings (SSSR count). The molecule has 0 spiro atoms. The summed E-state index contributed by atoms with van der Waals surface area (Å²) in [5, 5.41) is 15.8. The highest BCUT2D eigenvalue weighted by Gasteiger charge is 2.03. The van der Waals surface area contributed by atoms with Crippen molar-refractivity contribution >= 4 is 23.4 Å². The minimum absolute atomic E-state index is 0.652. The molecule has 0 aliphatic heterocycles. The number of nitrogens with one attached hydrogen (secondary N) is 2. The van der Waals surface area contributed by atoms with E-state index in [2.05, 4.69) is 26.7 Å². The summed E-state index contributed by atoms with van der Waals surface area (Å²) in [4.78, 5) is 8.71. The Balaban J connectivity index is 2.07. The number of hydrogen-bond acceptors (Lipinski definition) is 6. The zero-order valence-corrected chi connectivity index (χ0v) is 12.2. The summed E-state index contributed by atoms with van der Waals surface area (Å²) < 4.78 is 0. The van der Waals surface area contributed by atoms with Gasteiger partial charge in [0.05, 0.1) is 11.6 Å². The van der Waals surface area contributed by atoms with Crippen LogP contribution in [0.2, 0.25) is 0 Å². The summed E-state index contributed by atoms with van der Waals surface area (Å²) in [6.45, 7) is 0.652. The van der Waals surface area contributed by atoms with Gasteiger partial charge in [-0.1, -0.05) is 23.9 Å². The maximum Gasteiger partial charge on any atom is 0.191 e. The molecule has 5 nitrogen and oxygen atoms in total. The third kappa shape index (κ3) is 3.62. The average molecular weight is 285 g/mol. The lowest BCUT2D eigenvalue weighted by Gasteiger charge is -2.09. The SMILES string of the molecule is CNc1cc(NCc2ccc(C#N)cc2)nc(SC)n1. The van der Waals surface area contributed by atoms with Gasteiger partial charge in [-0.05, 0) is 24.0 Å². The second-order valence-corrected chi connectivity index (χ2v) is 4.81. The van der Waals surface area contributed by atoms with Gasteiger partial charge in [0, 0.05) is 19.7 Å². The largest absolute Gasteiger partial charge is 0.373 e. The van der Waals surface area contributed by atoms with E-state index in [-0.39, 0.29) is 0 Å². The van der Waals surface area contributed by atoms with Gasteiger partial charge in [-0.25, -0.2) is 9.97 Å². The lowest BCUT2D eigenvalue weighted by molar-refractivity contribution is 0.958. The summed E-state index contributed by atoms with van der Waals surface area (Å²) in [6, 6.07) is 11.5. The Kier molecular flexibility index (Phi) is 4.80. The van der Waals surface area contributed by atoms with Crippen molar-refractivity contribution in [3.63, 3.8) is 0 Å². The molecule has 0 bridgehead atoms. The molecule has 2 N–H and O–H groups in total. The molecule has 0 radical (unpaired) electrons. The van der Waals surface area contributed by atoms with Crippen LogP contribution in [0.3, 0.4) is 0 Å². The van der Waals surface area contributed by atoms with Gasteiger partial charge in [-0.3, -0.25) is 0 Å². The topological polar surface area (TPSA) is 73.6 Å². The van der Waals surface area contributed by atoms with Gasteiger partial charge in [0.25, 0.3) is 0 Å². The Morgan fingerprint density at radius 2 is 1.90 bits per heavy atom. The summed E-state index contributed by atoms with van der Waals surface area (Å²) in [5.41, 5.74) is 1.76. The molecule has 1 heterocycles. The van der Waals surface area contributed by atoms with Crippen molar-refractivity contribution in [3.05, 3.63) is 41.5 Å². The van der Waals surface area contributed by atoms with Crippen molar-refractivity contribution in [1.29, 1.82) is 5.26 Å². The standard InChI is InChI=1S/C14H15N5S/c1-16-12-7-13(19-14(18-12)20-2)17-9-11-5-3-10(8-15)4-6-11/h3-7H,9H2,1-2H3,(H2,16,17,18,19). The van der Waals surface area contributed by atoms with Crippen LogP contribution in [-0.4, -0.2) is 23.3 Å². The first kappa shape index (κ1) is 14.2. The van der Waals surface area contributed by atoms with Crippen molar-refractivity contribution in [2.75, 3.05) is 23.9 Å². The minimum Gasteiger partial charge on any atom is -0.373 e. The van der Waals surface area contributed by atoms with E-state index in [9.17, 15) is 0 Å². The summed E-state index contributed by atoms with van der Waals surface area (Å²) in [7, 11) is 1.83. The Labute approximate surface area is 122 Å². The van der Waals surface area contributed by atoms with E-state index in [1.165, 1.54) is 11.8 Å². The van der Waals surface area contributed by atoms with Gasteiger partial charge >= 0.3 is 0 Å². The van der Waals surface area contributed by atoms with Crippen molar-refractivity contribution < 1.29 is 0 Å². The van der Waals surface area contributed by atoms with Gasteiger partial charge < -0.3 is 10.6 Å². The van der Waals surface area contributed by atoms with Crippen LogP contribution in [0.5, 0.6) is 0 Å². The van der Waals surface area contributed by atoms with E-state index in [4.69, 9.17) is 5.26 Å². The first-order chi connectivity index (χ1) is 9.75. The predicted molar refractivity (Wildman–Crippen MR) is 81.8 cm³/mol. The van der Waals surface area contributed by atoms with E-state index < -0.39 is 0 Å². The maximum absolute atomic E-state index is 8.76. The minimum atomic E-state index is 0.652. The lowest BCUT2D eigenvalue weighted by Crippen LogP contribution is -2.04. The number of thioether (sulfide) groups is 1. The zero-order chi connectivity index (χ0) is 14.4. The van der Waals surface area contributed by atoms with Crippen molar-refractivity contribution in [2.24, 2.45) is 0 Å². The van der Waals surface area contributed by atoms with Gasteiger partial charge in [-0.2, -0.15) is 5.26 Å². The number of benzene rings is 1. The normalized spacial score (nSPS) is 9.85. The van der Waals surface area contributed by atoms with E-state index in [0.717, 1.165) is 22.4 Å². The Bertz CT molecular complexity index is 596. The van der Waals surface area contributed by atoms with Crippen molar-refractivity contribution in [3.8, 4) is 6.07 Å². The molecule has 0 saturated carbocycles. The van der Waals surface area contributed by atoms with Crippen LogP contribution in [0.4, 0.5) is 11.6 Å². The molecule has 0 amide bonds. The molecule has 0 atom stereocenters.